The zero-order valence-corrected chi connectivity index (χ0v) is 9.24. The molecule has 2 heterocycles. The third-order valence-corrected chi connectivity index (χ3v) is 2.89. The number of nitriles is 1. The predicted molar refractivity (Wildman–Crippen MR) is 63.0 cm³/mol. The average Bonchev–Trinajstić information content (AvgIpc) is 2.38. The van der Waals surface area contributed by atoms with Crippen LogP contribution in [-0.4, -0.2) is 24.6 Å². The Labute approximate surface area is 95.7 Å². The Hall–Kier alpha value is -1.60. The summed E-state index contributed by atoms with van der Waals surface area (Å²) in [6.45, 7) is 3.07. The molecule has 1 aliphatic rings. The molecular formula is C12H16N4. The van der Waals surface area contributed by atoms with Crippen molar-refractivity contribution in [1.82, 2.24) is 10.3 Å². The van der Waals surface area contributed by atoms with Gasteiger partial charge in [0.15, 0.2) is 0 Å². The third kappa shape index (κ3) is 2.71. The number of nitrogens with one attached hydrogen (secondary N) is 2. The minimum absolute atomic E-state index is 0.617. The molecule has 1 aromatic rings. The molecule has 0 radical (unpaired) electrons. The molecule has 0 amide bonds. The van der Waals surface area contributed by atoms with Crippen molar-refractivity contribution in [3.05, 3.63) is 23.9 Å². The van der Waals surface area contributed by atoms with Crippen LogP contribution in [-0.2, 0) is 0 Å². The molecule has 1 aromatic heterocycles. The number of hydrogen-bond donors (Lipinski definition) is 2. The molecule has 4 nitrogen and oxygen atoms in total. The molecule has 1 saturated heterocycles. The van der Waals surface area contributed by atoms with E-state index in [2.05, 4.69) is 21.7 Å². The van der Waals surface area contributed by atoms with Crippen LogP contribution in [0.3, 0.4) is 0 Å². The van der Waals surface area contributed by atoms with Gasteiger partial charge < -0.3 is 10.6 Å². The molecule has 0 aromatic carbocycles. The number of aromatic nitrogens is 1. The topological polar surface area (TPSA) is 60.7 Å². The lowest BCUT2D eigenvalue weighted by atomic mass is 10.00. The van der Waals surface area contributed by atoms with Gasteiger partial charge >= 0.3 is 0 Å². The summed E-state index contributed by atoms with van der Waals surface area (Å²) in [7, 11) is 0. The number of nitrogens with zero attached hydrogens (tertiary/aromatic N) is 2. The van der Waals surface area contributed by atoms with Crippen LogP contribution in [0.25, 0.3) is 0 Å². The Morgan fingerprint density at radius 3 is 3.31 bits per heavy atom. The summed E-state index contributed by atoms with van der Waals surface area (Å²) in [5.41, 5.74) is 0.617. The van der Waals surface area contributed by atoms with E-state index in [1.165, 1.54) is 12.8 Å². The molecule has 1 aliphatic heterocycles. The lowest BCUT2D eigenvalue weighted by Gasteiger charge is -2.23. The highest BCUT2D eigenvalue weighted by Gasteiger charge is 2.13. The Morgan fingerprint density at radius 2 is 2.56 bits per heavy atom. The fourth-order valence-electron chi connectivity index (χ4n) is 1.98. The average molecular weight is 216 g/mol. The van der Waals surface area contributed by atoms with E-state index in [9.17, 15) is 0 Å². The van der Waals surface area contributed by atoms with Crippen molar-refractivity contribution in [3.63, 3.8) is 0 Å². The molecule has 84 valence electrons. The van der Waals surface area contributed by atoms with Crippen LogP contribution in [0.4, 0.5) is 5.82 Å². The number of piperidine rings is 1. The standard InChI is InChI=1S/C12H16N4/c13-7-11-4-2-6-15-12(11)16-9-10-3-1-5-14-8-10/h2,4,6,10,14H,1,3,5,8-9H2,(H,15,16)/t10-/m1/s1. The van der Waals surface area contributed by atoms with E-state index in [1.54, 1.807) is 18.3 Å². The molecular weight excluding hydrogens is 200 g/mol. The van der Waals surface area contributed by atoms with Crippen LogP contribution in [0.15, 0.2) is 18.3 Å². The molecule has 0 aliphatic carbocycles. The molecule has 1 fully saturated rings. The normalized spacial score (nSPS) is 20.1. The first-order chi connectivity index (χ1) is 7.90. The van der Waals surface area contributed by atoms with Gasteiger partial charge in [-0.1, -0.05) is 0 Å². The van der Waals surface area contributed by atoms with Gasteiger partial charge in [-0.15, -0.1) is 0 Å². The van der Waals surface area contributed by atoms with Crippen molar-refractivity contribution in [1.29, 1.82) is 5.26 Å². The van der Waals surface area contributed by atoms with Crippen LogP contribution >= 0.6 is 0 Å². The maximum Gasteiger partial charge on any atom is 0.143 e. The van der Waals surface area contributed by atoms with Crippen molar-refractivity contribution in [2.24, 2.45) is 5.92 Å². The molecule has 4 heteroatoms. The second-order valence-corrected chi connectivity index (χ2v) is 4.10. The Bertz CT molecular complexity index is 377. The number of pyridine rings is 1. The smallest absolute Gasteiger partial charge is 0.143 e. The fraction of sp³-hybridized carbons (Fsp3) is 0.500. The highest BCUT2D eigenvalue weighted by atomic mass is 15.0. The van der Waals surface area contributed by atoms with E-state index in [0.717, 1.165) is 19.6 Å². The SMILES string of the molecule is N#Cc1cccnc1NC[C@@H]1CCCNC1. The summed E-state index contributed by atoms with van der Waals surface area (Å²) in [5, 5.41) is 15.5. The van der Waals surface area contributed by atoms with Gasteiger partial charge in [-0.2, -0.15) is 5.26 Å². The minimum Gasteiger partial charge on any atom is -0.369 e. The van der Waals surface area contributed by atoms with E-state index in [-0.39, 0.29) is 0 Å². The zero-order chi connectivity index (χ0) is 11.2. The summed E-state index contributed by atoms with van der Waals surface area (Å²) in [5.74, 6) is 1.35. The van der Waals surface area contributed by atoms with Crippen LogP contribution < -0.4 is 10.6 Å². The third-order valence-electron chi connectivity index (χ3n) is 2.89. The van der Waals surface area contributed by atoms with Gasteiger partial charge in [-0.3, -0.25) is 0 Å². The molecule has 16 heavy (non-hydrogen) atoms. The monoisotopic (exact) mass is 216 g/mol. The van der Waals surface area contributed by atoms with E-state index >= 15 is 0 Å². The Kier molecular flexibility index (Phi) is 3.73. The number of anilines is 1. The highest BCUT2D eigenvalue weighted by Crippen LogP contribution is 2.13. The summed E-state index contributed by atoms with van der Waals surface area (Å²) in [6, 6.07) is 5.71. The van der Waals surface area contributed by atoms with Gasteiger partial charge in [0.2, 0.25) is 0 Å². The van der Waals surface area contributed by atoms with Crippen molar-refractivity contribution >= 4 is 5.82 Å². The van der Waals surface area contributed by atoms with Crippen LogP contribution in [0.2, 0.25) is 0 Å². The second-order valence-electron chi connectivity index (χ2n) is 4.10. The predicted octanol–water partition coefficient (Wildman–Crippen LogP) is 1.36. The number of rotatable bonds is 3. The van der Waals surface area contributed by atoms with Gasteiger partial charge in [0.1, 0.15) is 11.9 Å². The van der Waals surface area contributed by atoms with Gasteiger partial charge in [0.05, 0.1) is 5.56 Å². The summed E-state index contributed by atoms with van der Waals surface area (Å²) in [6.07, 6.45) is 4.19. The summed E-state index contributed by atoms with van der Waals surface area (Å²) >= 11 is 0. The maximum absolute atomic E-state index is 8.91. The summed E-state index contributed by atoms with van der Waals surface area (Å²) < 4.78 is 0. The van der Waals surface area contributed by atoms with E-state index in [1.807, 2.05) is 0 Å². The quantitative estimate of drug-likeness (QED) is 0.801. The number of hydrogen-bond acceptors (Lipinski definition) is 4. The first-order valence-electron chi connectivity index (χ1n) is 5.70. The lowest BCUT2D eigenvalue weighted by Crippen LogP contribution is -2.33. The van der Waals surface area contributed by atoms with Crippen molar-refractivity contribution < 1.29 is 0 Å². The van der Waals surface area contributed by atoms with Crippen molar-refractivity contribution in [2.45, 2.75) is 12.8 Å². The Morgan fingerprint density at radius 1 is 1.62 bits per heavy atom. The first kappa shape index (κ1) is 10.9. The first-order valence-corrected chi connectivity index (χ1v) is 5.70. The van der Waals surface area contributed by atoms with Crippen LogP contribution in [0.1, 0.15) is 18.4 Å². The van der Waals surface area contributed by atoms with E-state index in [4.69, 9.17) is 5.26 Å². The van der Waals surface area contributed by atoms with Gasteiger partial charge in [-0.05, 0) is 44.0 Å². The molecule has 0 saturated carbocycles. The van der Waals surface area contributed by atoms with Gasteiger partial charge in [-0.25, -0.2) is 4.98 Å². The highest BCUT2D eigenvalue weighted by molar-refractivity contribution is 5.51. The molecule has 0 unspecified atom stereocenters. The van der Waals surface area contributed by atoms with Crippen LogP contribution in [0.5, 0.6) is 0 Å². The largest absolute Gasteiger partial charge is 0.369 e. The summed E-state index contributed by atoms with van der Waals surface area (Å²) in [4.78, 5) is 4.18. The van der Waals surface area contributed by atoms with E-state index < -0.39 is 0 Å². The molecule has 0 bridgehead atoms. The van der Waals surface area contributed by atoms with Gasteiger partial charge in [0.25, 0.3) is 0 Å². The minimum atomic E-state index is 0.617. The molecule has 2 N–H and O–H groups in total. The molecule has 1 atom stereocenters. The van der Waals surface area contributed by atoms with Crippen molar-refractivity contribution in [2.75, 3.05) is 25.0 Å². The lowest BCUT2D eigenvalue weighted by molar-refractivity contribution is 0.392. The van der Waals surface area contributed by atoms with Crippen LogP contribution in [0, 0.1) is 17.2 Å². The molecule has 0 spiro atoms. The van der Waals surface area contributed by atoms with Gasteiger partial charge in [0, 0.05) is 12.7 Å². The second kappa shape index (κ2) is 5.47. The molecule has 2 rings (SSSR count). The zero-order valence-electron chi connectivity index (χ0n) is 9.24. The maximum atomic E-state index is 8.91. The fourth-order valence-corrected chi connectivity index (χ4v) is 1.98. The Balaban J connectivity index is 1.91. The van der Waals surface area contributed by atoms with Crippen molar-refractivity contribution in [3.8, 4) is 6.07 Å². The van der Waals surface area contributed by atoms with E-state index in [0.29, 0.717) is 17.3 Å².